The van der Waals surface area contributed by atoms with Crippen LogP contribution in [0.4, 0.5) is 5.69 Å². The highest BCUT2D eigenvalue weighted by atomic mass is 32.2. The number of hydrogen-bond donors (Lipinski definition) is 1. The average molecular weight is 552 g/mol. The van der Waals surface area contributed by atoms with Crippen molar-refractivity contribution in [2.45, 2.75) is 57.6 Å². The molecule has 39 heavy (non-hydrogen) atoms. The number of nitrogens with one attached hydrogen (secondary N) is 1. The topological polar surface area (TPSA) is 96.0 Å². The molecule has 0 saturated heterocycles. The normalized spacial score (nSPS) is 12.7. The standard InChI is InChI=1S/C30H37N3O5S/c1-6-23(3)31-30(35)24(4)32(20-25-13-11-10-12-22(25)2)29(34)21-33(26-16-18-27(38-5)19-17-26)39(36,37)28-14-8-7-9-15-28/h7-19,23-24H,6,20-21H2,1-5H3,(H,31,35)/t23-,24+/m1/s1. The first-order chi connectivity index (χ1) is 18.6. The van der Waals surface area contributed by atoms with E-state index in [1.165, 1.54) is 24.1 Å². The summed E-state index contributed by atoms with van der Waals surface area (Å²) < 4.78 is 33.9. The van der Waals surface area contributed by atoms with Gasteiger partial charge in [0.05, 0.1) is 17.7 Å². The van der Waals surface area contributed by atoms with Crippen molar-refractivity contribution in [3.05, 3.63) is 90.0 Å². The van der Waals surface area contributed by atoms with E-state index in [1.54, 1.807) is 49.4 Å². The number of anilines is 1. The number of carbonyl (C=O) groups excluding carboxylic acids is 2. The van der Waals surface area contributed by atoms with Gasteiger partial charge in [0.25, 0.3) is 10.0 Å². The van der Waals surface area contributed by atoms with Gasteiger partial charge in [0.2, 0.25) is 11.8 Å². The van der Waals surface area contributed by atoms with Crippen molar-refractivity contribution in [3.63, 3.8) is 0 Å². The van der Waals surface area contributed by atoms with Gasteiger partial charge in [0.1, 0.15) is 18.3 Å². The molecule has 0 aliphatic heterocycles. The minimum Gasteiger partial charge on any atom is -0.497 e. The summed E-state index contributed by atoms with van der Waals surface area (Å²) in [6.07, 6.45) is 0.741. The lowest BCUT2D eigenvalue weighted by Gasteiger charge is -2.32. The zero-order valence-corrected chi connectivity index (χ0v) is 23.9. The van der Waals surface area contributed by atoms with E-state index in [4.69, 9.17) is 4.74 Å². The van der Waals surface area contributed by atoms with E-state index in [-0.39, 0.29) is 23.4 Å². The quantitative estimate of drug-likeness (QED) is 0.357. The first-order valence-electron chi connectivity index (χ1n) is 12.9. The average Bonchev–Trinajstić information content (AvgIpc) is 2.95. The molecule has 0 bridgehead atoms. The Bertz CT molecular complexity index is 1360. The van der Waals surface area contributed by atoms with E-state index in [2.05, 4.69) is 5.32 Å². The smallest absolute Gasteiger partial charge is 0.264 e. The summed E-state index contributed by atoms with van der Waals surface area (Å²) in [5, 5.41) is 2.94. The monoisotopic (exact) mass is 551 g/mol. The highest BCUT2D eigenvalue weighted by molar-refractivity contribution is 7.92. The molecule has 3 rings (SSSR count). The van der Waals surface area contributed by atoms with Crippen LogP contribution >= 0.6 is 0 Å². The summed E-state index contributed by atoms with van der Waals surface area (Å²) in [6.45, 7) is 7.13. The number of nitrogens with zero attached hydrogens (tertiary/aromatic N) is 2. The number of hydrogen-bond acceptors (Lipinski definition) is 5. The number of aryl methyl sites for hydroxylation is 1. The van der Waals surface area contributed by atoms with Gasteiger partial charge in [-0.25, -0.2) is 8.42 Å². The molecule has 3 aromatic carbocycles. The van der Waals surface area contributed by atoms with Gasteiger partial charge in [-0.2, -0.15) is 0 Å². The number of benzene rings is 3. The van der Waals surface area contributed by atoms with Crippen molar-refractivity contribution in [1.82, 2.24) is 10.2 Å². The van der Waals surface area contributed by atoms with Gasteiger partial charge in [-0.05, 0) is 74.7 Å². The van der Waals surface area contributed by atoms with E-state index < -0.39 is 28.5 Å². The fourth-order valence-electron chi connectivity index (χ4n) is 4.02. The first kappa shape index (κ1) is 29.7. The Hall–Kier alpha value is -3.85. The molecule has 208 valence electrons. The third-order valence-corrected chi connectivity index (χ3v) is 8.53. The van der Waals surface area contributed by atoms with Gasteiger partial charge in [-0.3, -0.25) is 13.9 Å². The molecule has 0 spiro atoms. The molecule has 0 aromatic heterocycles. The lowest BCUT2D eigenvalue weighted by Crippen LogP contribution is -2.52. The Morgan fingerprint density at radius 1 is 0.923 bits per heavy atom. The number of rotatable bonds is 12. The summed E-state index contributed by atoms with van der Waals surface area (Å²) in [5.41, 5.74) is 2.14. The number of sulfonamides is 1. The summed E-state index contributed by atoms with van der Waals surface area (Å²) in [7, 11) is -2.59. The number of methoxy groups -OCH3 is 1. The third kappa shape index (κ3) is 7.38. The molecule has 0 unspecified atom stereocenters. The molecule has 0 heterocycles. The van der Waals surface area contributed by atoms with Crippen LogP contribution in [0.2, 0.25) is 0 Å². The maximum absolute atomic E-state index is 14.0. The fraction of sp³-hybridized carbons (Fsp3) is 0.333. The SMILES string of the molecule is CC[C@@H](C)NC(=O)[C@H](C)N(Cc1ccccc1C)C(=O)CN(c1ccc(OC)cc1)S(=O)(=O)c1ccccc1. The number of amides is 2. The van der Waals surface area contributed by atoms with Crippen molar-refractivity contribution in [3.8, 4) is 5.75 Å². The second-order valence-corrected chi connectivity index (χ2v) is 11.3. The van der Waals surface area contributed by atoms with Crippen LogP contribution in [0.3, 0.4) is 0 Å². The Balaban J connectivity index is 2.02. The van der Waals surface area contributed by atoms with Gasteiger partial charge >= 0.3 is 0 Å². The predicted molar refractivity (Wildman–Crippen MR) is 153 cm³/mol. The summed E-state index contributed by atoms with van der Waals surface area (Å²) >= 11 is 0. The van der Waals surface area contributed by atoms with Crippen LogP contribution in [0.5, 0.6) is 5.75 Å². The lowest BCUT2D eigenvalue weighted by molar-refractivity contribution is -0.139. The second kappa shape index (κ2) is 13.3. The van der Waals surface area contributed by atoms with Gasteiger partial charge < -0.3 is 15.0 Å². The Labute approximate surface area is 231 Å². The van der Waals surface area contributed by atoms with Gasteiger partial charge in [0.15, 0.2) is 0 Å². The molecule has 2 amide bonds. The molecule has 0 saturated carbocycles. The second-order valence-electron chi connectivity index (χ2n) is 9.46. The maximum Gasteiger partial charge on any atom is 0.264 e. The number of carbonyl (C=O) groups is 2. The molecule has 0 fully saturated rings. The summed E-state index contributed by atoms with van der Waals surface area (Å²) in [6, 6.07) is 21.2. The Morgan fingerprint density at radius 2 is 1.54 bits per heavy atom. The van der Waals surface area contributed by atoms with Crippen LogP contribution in [-0.4, -0.2) is 50.9 Å². The van der Waals surface area contributed by atoms with Gasteiger partial charge in [0, 0.05) is 12.6 Å². The minimum atomic E-state index is -4.11. The molecule has 0 aliphatic rings. The molecular weight excluding hydrogens is 514 g/mol. The highest BCUT2D eigenvalue weighted by Gasteiger charge is 2.33. The fourth-order valence-corrected chi connectivity index (χ4v) is 5.45. The molecule has 0 aliphatic carbocycles. The summed E-state index contributed by atoms with van der Waals surface area (Å²) in [5.74, 6) is -0.243. The largest absolute Gasteiger partial charge is 0.497 e. The van der Waals surface area contributed by atoms with E-state index >= 15 is 0 Å². The highest BCUT2D eigenvalue weighted by Crippen LogP contribution is 2.26. The first-order valence-corrected chi connectivity index (χ1v) is 14.4. The van der Waals surface area contributed by atoms with Crippen LogP contribution in [0, 0.1) is 6.92 Å². The molecule has 2 atom stereocenters. The summed E-state index contributed by atoms with van der Waals surface area (Å²) in [4.78, 5) is 28.6. The van der Waals surface area contributed by atoms with Crippen LogP contribution in [0.25, 0.3) is 0 Å². The predicted octanol–water partition coefficient (Wildman–Crippen LogP) is 4.53. The Kier molecular flexibility index (Phi) is 10.1. The molecule has 3 aromatic rings. The van der Waals surface area contributed by atoms with Crippen molar-refractivity contribution in [2.24, 2.45) is 0 Å². The maximum atomic E-state index is 14.0. The van der Waals surface area contributed by atoms with Crippen molar-refractivity contribution in [2.75, 3.05) is 18.0 Å². The van der Waals surface area contributed by atoms with Crippen molar-refractivity contribution < 1.29 is 22.7 Å². The van der Waals surface area contributed by atoms with E-state index in [9.17, 15) is 18.0 Å². The molecule has 8 nitrogen and oxygen atoms in total. The van der Waals surface area contributed by atoms with E-state index in [0.29, 0.717) is 11.4 Å². The Morgan fingerprint density at radius 3 is 2.13 bits per heavy atom. The van der Waals surface area contributed by atoms with E-state index in [0.717, 1.165) is 21.9 Å². The zero-order valence-electron chi connectivity index (χ0n) is 23.1. The molecule has 9 heteroatoms. The molecular formula is C30H37N3O5S. The molecule has 0 radical (unpaired) electrons. The minimum absolute atomic E-state index is 0.0571. The van der Waals surface area contributed by atoms with Crippen LogP contribution in [0.1, 0.15) is 38.3 Å². The number of ether oxygens (including phenoxy) is 1. The lowest BCUT2D eigenvalue weighted by atomic mass is 10.1. The van der Waals surface area contributed by atoms with E-state index in [1.807, 2.05) is 45.0 Å². The third-order valence-electron chi connectivity index (χ3n) is 6.74. The van der Waals surface area contributed by atoms with Gasteiger partial charge in [-0.15, -0.1) is 0 Å². The van der Waals surface area contributed by atoms with Crippen LogP contribution in [-0.2, 0) is 26.2 Å². The van der Waals surface area contributed by atoms with Crippen LogP contribution < -0.4 is 14.4 Å². The van der Waals surface area contributed by atoms with Crippen molar-refractivity contribution >= 4 is 27.5 Å². The zero-order chi connectivity index (χ0) is 28.6. The van der Waals surface area contributed by atoms with Crippen LogP contribution in [0.15, 0.2) is 83.8 Å². The van der Waals surface area contributed by atoms with Crippen molar-refractivity contribution in [1.29, 1.82) is 0 Å². The molecule has 1 N–H and O–H groups in total. The van der Waals surface area contributed by atoms with Gasteiger partial charge in [-0.1, -0.05) is 49.4 Å².